The van der Waals surface area contributed by atoms with E-state index in [0.717, 1.165) is 36.5 Å². The summed E-state index contributed by atoms with van der Waals surface area (Å²) in [5, 5.41) is 3.68. The Morgan fingerprint density at radius 1 is 1.25 bits per heavy atom. The zero-order valence-electron chi connectivity index (χ0n) is 12.0. The van der Waals surface area contributed by atoms with Gasteiger partial charge in [-0.25, -0.2) is 4.98 Å². The molecule has 2 atom stereocenters. The van der Waals surface area contributed by atoms with E-state index >= 15 is 0 Å². The van der Waals surface area contributed by atoms with Gasteiger partial charge in [0.15, 0.2) is 0 Å². The van der Waals surface area contributed by atoms with Crippen molar-refractivity contribution in [2.45, 2.75) is 25.3 Å². The van der Waals surface area contributed by atoms with Crippen LogP contribution in [-0.2, 0) is 7.05 Å². The predicted molar refractivity (Wildman–Crippen MR) is 82.1 cm³/mol. The Hall–Kier alpha value is -1.55. The molecule has 0 radical (unpaired) electrons. The fourth-order valence-electron chi connectivity index (χ4n) is 3.84. The standard InChI is InChI=1S/C16H22N4/c1-19-15-7-3-2-6-14(15)18-16(19)20-10-8-13-12(11-20)5-4-9-17-13/h2-3,6-7,12-13,17H,4-5,8-11H2,1H3. The first kappa shape index (κ1) is 12.2. The minimum Gasteiger partial charge on any atom is -0.342 e. The van der Waals surface area contributed by atoms with Crippen LogP contribution in [0.4, 0.5) is 5.95 Å². The first-order valence-corrected chi connectivity index (χ1v) is 7.73. The van der Waals surface area contributed by atoms with Crippen LogP contribution in [0.5, 0.6) is 0 Å². The van der Waals surface area contributed by atoms with Gasteiger partial charge in [-0.1, -0.05) is 12.1 Å². The number of anilines is 1. The molecule has 2 saturated heterocycles. The van der Waals surface area contributed by atoms with E-state index < -0.39 is 0 Å². The number of piperidine rings is 2. The van der Waals surface area contributed by atoms with E-state index in [1.165, 1.54) is 31.3 Å². The molecule has 0 saturated carbocycles. The molecule has 0 spiro atoms. The van der Waals surface area contributed by atoms with Crippen LogP contribution in [0.25, 0.3) is 11.0 Å². The van der Waals surface area contributed by atoms with Gasteiger partial charge in [0.25, 0.3) is 0 Å². The Morgan fingerprint density at radius 2 is 2.15 bits per heavy atom. The zero-order chi connectivity index (χ0) is 13.5. The summed E-state index contributed by atoms with van der Waals surface area (Å²) < 4.78 is 2.24. The Morgan fingerprint density at radius 3 is 3.05 bits per heavy atom. The third kappa shape index (κ3) is 1.90. The Kier molecular flexibility index (Phi) is 2.91. The monoisotopic (exact) mass is 270 g/mol. The fraction of sp³-hybridized carbons (Fsp3) is 0.562. The number of rotatable bonds is 1. The smallest absolute Gasteiger partial charge is 0.206 e. The predicted octanol–water partition coefficient (Wildman–Crippen LogP) is 2.15. The molecule has 3 heterocycles. The molecule has 20 heavy (non-hydrogen) atoms. The molecule has 2 aromatic rings. The van der Waals surface area contributed by atoms with Crippen LogP contribution >= 0.6 is 0 Å². The van der Waals surface area contributed by atoms with Crippen molar-refractivity contribution in [3.63, 3.8) is 0 Å². The van der Waals surface area contributed by atoms with Crippen LogP contribution in [0.1, 0.15) is 19.3 Å². The SMILES string of the molecule is Cn1c(N2CCC3NCCCC3C2)nc2ccccc21. The molecule has 106 valence electrons. The molecule has 4 nitrogen and oxygen atoms in total. The highest BCUT2D eigenvalue weighted by Gasteiger charge is 2.32. The molecule has 2 aliphatic heterocycles. The highest BCUT2D eigenvalue weighted by molar-refractivity contribution is 5.78. The molecule has 2 fully saturated rings. The third-order valence-corrected chi connectivity index (χ3v) is 4.94. The van der Waals surface area contributed by atoms with Gasteiger partial charge in [0.05, 0.1) is 11.0 Å². The lowest BCUT2D eigenvalue weighted by Crippen LogP contribution is -2.52. The zero-order valence-corrected chi connectivity index (χ0v) is 12.0. The minimum atomic E-state index is 0.731. The second kappa shape index (κ2) is 4.77. The van der Waals surface area contributed by atoms with E-state index in [2.05, 4.69) is 46.1 Å². The number of nitrogens with zero attached hydrogens (tertiary/aromatic N) is 3. The molecule has 0 aliphatic carbocycles. The normalized spacial score (nSPS) is 26.8. The summed E-state index contributed by atoms with van der Waals surface area (Å²) in [5.74, 6) is 1.92. The molecule has 2 unspecified atom stereocenters. The van der Waals surface area contributed by atoms with Gasteiger partial charge in [0, 0.05) is 26.2 Å². The van der Waals surface area contributed by atoms with Gasteiger partial charge < -0.3 is 14.8 Å². The Bertz CT molecular complexity index is 618. The Balaban J connectivity index is 1.64. The minimum absolute atomic E-state index is 0.731. The van der Waals surface area contributed by atoms with Crippen molar-refractivity contribution in [3.8, 4) is 0 Å². The highest BCUT2D eigenvalue weighted by atomic mass is 15.3. The quantitative estimate of drug-likeness (QED) is 0.862. The number of nitrogens with one attached hydrogen (secondary N) is 1. The first-order chi connectivity index (χ1) is 9.83. The van der Waals surface area contributed by atoms with Crippen LogP contribution in [-0.4, -0.2) is 35.2 Å². The van der Waals surface area contributed by atoms with Gasteiger partial charge in [-0.2, -0.15) is 0 Å². The summed E-state index contributed by atoms with van der Waals surface area (Å²) in [6, 6.07) is 9.14. The van der Waals surface area contributed by atoms with Gasteiger partial charge in [0.1, 0.15) is 0 Å². The van der Waals surface area contributed by atoms with Gasteiger partial charge in [-0.05, 0) is 43.9 Å². The third-order valence-electron chi connectivity index (χ3n) is 4.94. The average Bonchev–Trinajstić information content (AvgIpc) is 2.84. The van der Waals surface area contributed by atoms with Crippen molar-refractivity contribution in [1.29, 1.82) is 0 Å². The van der Waals surface area contributed by atoms with Crippen molar-refractivity contribution in [2.24, 2.45) is 13.0 Å². The van der Waals surface area contributed by atoms with E-state index in [0.29, 0.717) is 0 Å². The molecule has 1 aromatic heterocycles. The maximum atomic E-state index is 4.84. The van der Waals surface area contributed by atoms with Gasteiger partial charge in [-0.15, -0.1) is 0 Å². The van der Waals surface area contributed by atoms with Crippen LogP contribution in [0, 0.1) is 5.92 Å². The van der Waals surface area contributed by atoms with Crippen molar-refractivity contribution in [3.05, 3.63) is 24.3 Å². The maximum absolute atomic E-state index is 4.84. The Labute approximate surface area is 119 Å². The van der Waals surface area contributed by atoms with E-state index in [-0.39, 0.29) is 0 Å². The number of fused-ring (bicyclic) bond motifs is 2. The van der Waals surface area contributed by atoms with Crippen molar-refractivity contribution in [1.82, 2.24) is 14.9 Å². The lowest BCUT2D eigenvalue weighted by molar-refractivity contribution is 0.243. The van der Waals surface area contributed by atoms with Crippen molar-refractivity contribution < 1.29 is 0 Å². The average molecular weight is 270 g/mol. The number of hydrogen-bond acceptors (Lipinski definition) is 3. The van der Waals surface area contributed by atoms with E-state index in [4.69, 9.17) is 4.98 Å². The molecular formula is C16H22N4. The van der Waals surface area contributed by atoms with E-state index in [1.807, 2.05) is 0 Å². The number of benzene rings is 1. The number of hydrogen-bond donors (Lipinski definition) is 1. The summed E-state index contributed by atoms with van der Waals surface area (Å²) in [4.78, 5) is 7.32. The van der Waals surface area contributed by atoms with Crippen molar-refractivity contribution in [2.75, 3.05) is 24.5 Å². The molecule has 2 aliphatic rings. The second-order valence-electron chi connectivity index (χ2n) is 6.16. The first-order valence-electron chi connectivity index (χ1n) is 7.73. The second-order valence-corrected chi connectivity index (χ2v) is 6.16. The summed E-state index contributed by atoms with van der Waals surface area (Å²) in [7, 11) is 2.13. The van der Waals surface area contributed by atoms with Crippen LogP contribution in [0.2, 0.25) is 0 Å². The molecular weight excluding hydrogens is 248 g/mol. The molecule has 0 amide bonds. The van der Waals surface area contributed by atoms with Crippen molar-refractivity contribution >= 4 is 17.0 Å². The van der Waals surface area contributed by atoms with E-state index in [9.17, 15) is 0 Å². The molecule has 1 aromatic carbocycles. The largest absolute Gasteiger partial charge is 0.342 e. The summed E-state index contributed by atoms with van der Waals surface area (Å²) in [6.45, 7) is 3.47. The lowest BCUT2D eigenvalue weighted by atomic mass is 9.85. The number of aryl methyl sites for hydroxylation is 1. The van der Waals surface area contributed by atoms with Crippen LogP contribution in [0.15, 0.2) is 24.3 Å². The molecule has 4 rings (SSSR count). The topological polar surface area (TPSA) is 33.1 Å². The fourth-order valence-corrected chi connectivity index (χ4v) is 3.84. The number of imidazole rings is 1. The van der Waals surface area contributed by atoms with Gasteiger partial charge in [-0.3, -0.25) is 0 Å². The van der Waals surface area contributed by atoms with Gasteiger partial charge in [0.2, 0.25) is 5.95 Å². The summed E-state index contributed by atoms with van der Waals surface area (Å²) >= 11 is 0. The molecule has 4 heteroatoms. The van der Waals surface area contributed by atoms with Gasteiger partial charge >= 0.3 is 0 Å². The summed E-state index contributed by atoms with van der Waals surface area (Å²) in [6.07, 6.45) is 3.92. The summed E-state index contributed by atoms with van der Waals surface area (Å²) in [5.41, 5.74) is 2.33. The van der Waals surface area contributed by atoms with Crippen LogP contribution < -0.4 is 10.2 Å². The lowest BCUT2D eigenvalue weighted by Gasteiger charge is -2.42. The maximum Gasteiger partial charge on any atom is 0.206 e. The van der Waals surface area contributed by atoms with Crippen LogP contribution in [0.3, 0.4) is 0 Å². The van der Waals surface area contributed by atoms with E-state index in [1.54, 1.807) is 0 Å². The number of aromatic nitrogens is 2. The highest BCUT2D eigenvalue weighted by Crippen LogP contribution is 2.29. The molecule has 0 bridgehead atoms. The molecule has 1 N–H and O–H groups in total. The number of para-hydroxylation sites is 2.